The summed E-state index contributed by atoms with van der Waals surface area (Å²) < 4.78 is 0. The molecule has 6 nitrogen and oxygen atoms in total. The molecule has 1 heterocycles. The van der Waals surface area contributed by atoms with Gasteiger partial charge in [0.15, 0.2) is 0 Å². The Labute approximate surface area is 139 Å². The van der Waals surface area contributed by atoms with E-state index in [0.717, 1.165) is 17.1 Å². The average Bonchev–Trinajstić information content (AvgIpc) is 3.02. The second-order valence-corrected chi connectivity index (χ2v) is 5.82. The molecule has 0 aliphatic carbocycles. The van der Waals surface area contributed by atoms with Gasteiger partial charge < -0.3 is 16.0 Å². The molecule has 0 saturated heterocycles. The predicted octanol–water partition coefficient (Wildman–Crippen LogP) is 2.43. The number of aromatic nitrogens is 1. The molecule has 0 unspecified atom stereocenters. The summed E-state index contributed by atoms with van der Waals surface area (Å²) in [5.41, 5.74) is 2.07. The molecule has 122 valence electrons. The lowest BCUT2D eigenvalue weighted by atomic mass is 10.2. The van der Waals surface area contributed by atoms with Crippen LogP contribution in [0, 0.1) is 0 Å². The number of rotatable bonds is 6. The number of carbonyl (C=O) groups excluding carboxylic acids is 2. The average molecular weight is 332 g/mol. The third kappa shape index (κ3) is 5.07. The summed E-state index contributed by atoms with van der Waals surface area (Å²) in [6, 6.07) is 6.48. The van der Waals surface area contributed by atoms with Crippen molar-refractivity contribution in [2.75, 3.05) is 18.9 Å². The monoisotopic (exact) mass is 332 g/mol. The summed E-state index contributed by atoms with van der Waals surface area (Å²) in [6.45, 7) is 2.58. The first-order valence-electron chi connectivity index (χ1n) is 7.42. The molecule has 0 aliphatic rings. The molecular weight excluding hydrogens is 312 g/mol. The van der Waals surface area contributed by atoms with Gasteiger partial charge in [-0.15, -0.1) is 11.3 Å². The van der Waals surface area contributed by atoms with Gasteiger partial charge >= 0.3 is 6.03 Å². The van der Waals surface area contributed by atoms with Crippen LogP contribution in [0.5, 0.6) is 0 Å². The lowest BCUT2D eigenvalue weighted by Gasteiger charge is -2.08. The van der Waals surface area contributed by atoms with E-state index in [1.807, 2.05) is 5.38 Å². The molecule has 0 radical (unpaired) electrons. The number of amides is 3. The summed E-state index contributed by atoms with van der Waals surface area (Å²) in [4.78, 5) is 27.9. The molecule has 0 spiro atoms. The molecule has 0 fully saturated rings. The molecule has 3 amide bonds. The molecule has 7 heteroatoms. The van der Waals surface area contributed by atoms with Crippen LogP contribution in [0.1, 0.15) is 28.0 Å². The van der Waals surface area contributed by atoms with Crippen LogP contribution < -0.4 is 16.0 Å². The van der Waals surface area contributed by atoms with E-state index in [9.17, 15) is 9.59 Å². The smallest absolute Gasteiger partial charge is 0.319 e. The fourth-order valence-electron chi connectivity index (χ4n) is 1.99. The number of carbonyl (C=O) groups is 2. The van der Waals surface area contributed by atoms with Crippen LogP contribution in [0.2, 0.25) is 0 Å². The van der Waals surface area contributed by atoms with Gasteiger partial charge in [-0.25, -0.2) is 9.78 Å². The summed E-state index contributed by atoms with van der Waals surface area (Å²) in [5, 5.41) is 11.2. The summed E-state index contributed by atoms with van der Waals surface area (Å²) in [6.07, 6.45) is 1.63. The van der Waals surface area contributed by atoms with Gasteiger partial charge in [-0.3, -0.25) is 4.79 Å². The zero-order chi connectivity index (χ0) is 16.7. The Balaban J connectivity index is 1.81. The highest BCUT2D eigenvalue weighted by atomic mass is 32.1. The highest BCUT2D eigenvalue weighted by Crippen LogP contribution is 2.11. The zero-order valence-electron chi connectivity index (χ0n) is 13.2. The molecule has 2 aromatic rings. The van der Waals surface area contributed by atoms with Crippen molar-refractivity contribution in [3.8, 4) is 0 Å². The van der Waals surface area contributed by atoms with Gasteiger partial charge in [0, 0.05) is 36.6 Å². The van der Waals surface area contributed by atoms with E-state index in [-0.39, 0.29) is 11.9 Å². The number of aryl methyl sites for hydroxylation is 1. The van der Waals surface area contributed by atoms with Crippen LogP contribution in [0.15, 0.2) is 29.6 Å². The number of nitrogens with zero attached hydrogens (tertiary/aromatic N) is 1. The minimum Gasteiger partial charge on any atom is -0.355 e. The van der Waals surface area contributed by atoms with Crippen molar-refractivity contribution >= 4 is 29.0 Å². The summed E-state index contributed by atoms with van der Waals surface area (Å²) in [5.74, 6) is -0.190. The topological polar surface area (TPSA) is 83.1 Å². The van der Waals surface area contributed by atoms with Crippen LogP contribution in [0.3, 0.4) is 0 Å². The van der Waals surface area contributed by atoms with Crippen LogP contribution >= 0.6 is 11.3 Å². The third-order valence-corrected chi connectivity index (χ3v) is 4.22. The Kier molecular flexibility index (Phi) is 6.10. The third-order valence-electron chi connectivity index (χ3n) is 3.18. The van der Waals surface area contributed by atoms with Gasteiger partial charge in [-0.05, 0) is 24.6 Å². The molecule has 0 saturated carbocycles. The lowest BCUT2D eigenvalue weighted by Crippen LogP contribution is -2.30. The van der Waals surface area contributed by atoms with E-state index in [4.69, 9.17) is 0 Å². The van der Waals surface area contributed by atoms with E-state index in [1.54, 1.807) is 42.6 Å². The molecule has 3 N–H and O–H groups in total. The van der Waals surface area contributed by atoms with Gasteiger partial charge in [0.2, 0.25) is 0 Å². The van der Waals surface area contributed by atoms with Gasteiger partial charge in [0.05, 0.1) is 10.7 Å². The summed E-state index contributed by atoms with van der Waals surface area (Å²) >= 11 is 1.64. The lowest BCUT2D eigenvalue weighted by molar-refractivity contribution is 0.0963. The Hall–Kier alpha value is -2.41. The van der Waals surface area contributed by atoms with Gasteiger partial charge in [0.1, 0.15) is 0 Å². The second-order valence-electron chi connectivity index (χ2n) is 4.88. The number of thiazole rings is 1. The quantitative estimate of drug-likeness (QED) is 0.760. The fourth-order valence-corrected chi connectivity index (χ4v) is 2.77. The van der Waals surface area contributed by atoms with Gasteiger partial charge in [-0.1, -0.05) is 13.0 Å². The summed E-state index contributed by atoms with van der Waals surface area (Å²) in [7, 11) is 1.57. The van der Waals surface area contributed by atoms with Crippen LogP contribution in [0.25, 0.3) is 0 Å². The highest BCUT2D eigenvalue weighted by Gasteiger charge is 2.06. The second kappa shape index (κ2) is 8.28. The maximum absolute atomic E-state index is 11.9. The first-order valence-corrected chi connectivity index (χ1v) is 8.30. The minimum absolute atomic E-state index is 0.190. The van der Waals surface area contributed by atoms with Crippen LogP contribution in [0.4, 0.5) is 10.5 Å². The SMILES string of the molecule is CCc1nc(CCNC(=O)Nc2cccc(C(=O)NC)c2)cs1. The van der Waals surface area contributed by atoms with Crippen molar-refractivity contribution in [1.29, 1.82) is 0 Å². The Morgan fingerprint density at radius 2 is 2.13 bits per heavy atom. The Morgan fingerprint density at radius 3 is 2.83 bits per heavy atom. The van der Waals surface area contributed by atoms with Crippen LogP contribution in [-0.2, 0) is 12.8 Å². The molecule has 1 aromatic heterocycles. The highest BCUT2D eigenvalue weighted by molar-refractivity contribution is 7.09. The number of hydrogen-bond donors (Lipinski definition) is 3. The largest absolute Gasteiger partial charge is 0.355 e. The van der Waals surface area contributed by atoms with Crippen LogP contribution in [-0.4, -0.2) is 30.5 Å². The Bertz CT molecular complexity index is 684. The molecule has 23 heavy (non-hydrogen) atoms. The normalized spacial score (nSPS) is 10.2. The molecule has 2 rings (SSSR count). The van der Waals surface area contributed by atoms with E-state index in [0.29, 0.717) is 24.2 Å². The zero-order valence-corrected chi connectivity index (χ0v) is 14.0. The molecular formula is C16H20N4O2S. The number of urea groups is 1. The van der Waals surface area contributed by atoms with E-state index in [1.165, 1.54) is 0 Å². The molecule has 1 aromatic carbocycles. The van der Waals surface area contributed by atoms with Gasteiger partial charge in [0.25, 0.3) is 5.91 Å². The van der Waals surface area contributed by atoms with Crippen molar-refractivity contribution in [3.63, 3.8) is 0 Å². The molecule has 0 bridgehead atoms. The van der Waals surface area contributed by atoms with E-state index < -0.39 is 0 Å². The van der Waals surface area contributed by atoms with Crippen molar-refractivity contribution in [1.82, 2.24) is 15.6 Å². The number of benzene rings is 1. The minimum atomic E-state index is -0.301. The number of anilines is 1. The first kappa shape index (κ1) is 17.0. The van der Waals surface area contributed by atoms with E-state index in [2.05, 4.69) is 27.9 Å². The number of hydrogen-bond acceptors (Lipinski definition) is 4. The van der Waals surface area contributed by atoms with Crippen molar-refractivity contribution in [3.05, 3.63) is 45.9 Å². The van der Waals surface area contributed by atoms with Gasteiger partial charge in [-0.2, -0.15) is 0 Å². The predicted molar refractivity (Wildman–Crippen MR) is 92.0 cm³/mol. The fraction of sp³-hybridized carbons (Fsp3) is 0.312. The number of nitrogens with one attached hydrogen (secondary N) is 3. The molecule has 0 aliphatic heterocycles. The first-order chi connectivity index (χ1) is 11.1. The maximum Gasteiger partial charge on any atom is 0.319 e. The maximum atomic E-state index is 11.9. The standard InChI is InChI=1S/C16H20N4O2S/c1-3-14-19-13(10-23-14)7-8-18-16(22)20-12-6-4-5-11(9-12)15(21)17-2/h4-6,9-10H,3,7-8H2,1-2H3,(H,17,21)(H2,18,20,22). The van der Waals surface area contributed by atoms with E-state index >= 15 is 0 Å². The van der Waals surface area contributed by atoms with Crippen molar-refractivity contribution in [2.45, 2.75) is 19.8 Å². The van der Waals surface area contributed by atoms with Crippen molar-refractivity contribution in [2.24, 2.45) is 0 Å². The van der Waals surface area contributed by atoms with Crippen molar-refractivity contribution < 1.29 is 9.59 Å². The Morgan fingerprint density at radius 1 is 1.30 bits per heavy atom. The molecule has 0 atom stereocenters.